The van der Waals surface area contributed by atoms with Crippen LogP contribution in [-0.2, 0) is 16.0 Å². The highest BCUT2D eigenvalue weighted by molar-refractivity contribution is 5.89. The Morgan fingerprint density at radius 1 is 1.13 bits per heavy atom. The van der Waals surface area contributed by atoms with Gasteiger partial charge in [0.2, 0.25) is 5.95 Å². The number of nitrogens with zero attached hydrogens (tertiary/aromatic N) is 4. The van der Waals surface area contributed by atoms with Crippen LogP contribution in [-0.4, -0.2) is 64.4 Å². The van der Waals surface area contributed by atoms with Crippen molar-refractivity contribution in [3.8, 4) is 0 Å². The van der Waals surface area contributed by atoms with Crippen LogP contribution in [0.3, 0.4) is 0 Å². The fourth-order valence-corrected chi connectivity index (χ4v) is 4.86. The van der Waals surface area contributed by atoms with E-state index in [1.807, 2.05) is 20.8 Å². The van der Waals surface area contributed by atoms with Gasteiger partial charge in [-0.15, -0.1) is 0 Å². The number of aromatic nitrogens is 2. The second-order valence-corrected chi connectivity index (χ2v) is 11.9. The van der Waals surface area contributed by atoms with Crippen LogP contribution in [0.1, 0.15) is 71.6 Å². The highest BCUT2D eigenvalue weighted by Crippen LogP contribution is 2.27. The molecule has 2 atom stereocenters. The fraction of sp³-hybridized carbons (Fsp3) is 0.586. The Morgan fingerprint density at radius 3 is 2.46 bits per heavy atom. The first-order chi connectivity index (χ1) is 18.5. The number of amides is 2. The lowest BCUT2D eigenvalue weighted by Crippen LogP contribution is -2.44. The van der Waals surface area contributed by atoms with E-state index in [9.17, 15) is 9.59 Å². The second-order valence-electron chi connectivity index (χ2n) is 11.9. The molecule has 0 bridgehead atoms. The van der Waals surface area contributed by atoms with Crippen LogP contribution >= 0.6 is 0 Å². The van der Waals surface area contributed by atoms with Gasteiger partial charge in [-0.2, -0.15) is 4.98 Å². The molecule has 10 heteroatoms. The van der Waals surface area contributed by atoms with E-state index in [-0.39, 0.29) is 41.8 Å². The van der Waals surface area contributed by atoms with Gasteiger partial charge >= 0.3 is 12.2 Å². The number of cyclic esters (lactones) is 1. The minimum Gasteiger partial charge on any atom is -0.447 e. The van der Waals surface area contributed by atoms with Crippen LogP contribution in [0.5, 0.6) is 0 Å². The van der Waals surface area contributed by atoms with E-state index in [1.54, 1.807) is 17.2 Å². The molecule has 0 radical (unpaired) electrons. The number of carbonyl (C=O) groups is 2. The minimum absolute atomic E-state index is 0.0205. The van der Waals surface area contributed by atoms with Gasteiger partial charge in [-0.05, 0) is 63.6 Å². The van der Waals surface area contributed by atoms with E-state index in [0.717, 1.165) is 38.0 Å². The number of piperidine rings is 1. The SMILES string of the molecule is CC(C)[C@H]1COC(=O)N1c1ccnc(N[C@@H](C)c2ccc(CN3CCC(OC(=O)NC(C)(C)C)CC3)cc2)n1. The number of benzene rings is 1. The predicted octanol–water partition coefficient (Wildman–Crippen LogP) is 5.12. The average Bonchev–Trinajstić information content (AvgIpc) is 3.26. The molecule has 2 aromatic rings. The number of anilines is 2. The Hall–Kier alpha value is -3.40. The van der Waals surface area contributed by atoms with Crippen molar-refractivity contribution < 1.29 is 19.1 Å². The van der Waals surface area contributed by atoms with Gasteiger partial charge in [-0.1, -0.05) is 38.1 Å². The predicted molar refractivity (Wildman–Crippen MR) is 151 cm³/mol. The summed E-state index contributed by atoms with van der Waals surface area (Å²) in [6, 6.07) is 10.2. The highest BCUT2D eigenvalue weighted by Gasteiger charge is 2.37. The summed E-state index contributed by atoms with van der Waals surface area (Å²) in [4.78, 5) is 37.3. The molecule has 0 aliphatic carbocycles. The van der Waals surface area contributed by atoms with Crippen molar-refractivity contribution in [2.45, 2.75) is 84.7 Å². The van der Waals surface area contributed by atoms with Gasteiger partial charge < -0.3 is 20.1 Å². The van der Waals surface area contributed by atoms with Gasteiger partial charge in [0.25, 0.3) is 0 Å². The third-order valence-electron chi connectivity index (χ3n) is 7.08. The largest absolute Gasteiger partial charge is 0.447 e. The zero-order chi connectivity index (χ0) is 28.2. The lowest BCUT2D eigenvalue weighted by molar-refractivity contribution is 0.0452. The summed E-state index contributed by atoms with van der Waals surface area (Å²) in [5.41, 5.74) is 2.06. The number of carbonyl (C=O) groups excluding carboxylic acids is 2. The molecule has 1 aromatic carbocycles. The van der Waals surface area contributed by atoms with E-state index < -0.39 is 0 Å². The molecule has 2 amide bonds. The van der Waals surface area contributed by atoms with Crippen molar-refractivity contribution in [1.82, 2.24) is 20.2 Å². The average molecular weight is 539 g/mol. The first-order valence-corrected chi connectivity index (χ1v) is 13.8. The Balaban J connectivity index is 1.28. The van der Waals surface area contributed by atoms with Gasteiger partial charge in [-0.3, -0.25) is 9.80 Å². The third kappa shape index (κ3) is 7.81. The number of hydrogen-bond acceptors (Lipinski definition) is 8. The standard InChI is InChI=1S/C29H42N6O4/c1-19(2)24-18-38-28(37)35(24)25-11-14-30-26(32-25)31-20(3)22-9-7-21(8-10-22)17-34-15-12-23(13-16-34)39-27(36)33-29(4,5)6/h7-11,14,19-20,23-24H,12-13,15-18H2,1-6H3,(H,33,36)(H,30,31,32)/t20-,24+/m0/s1. The molecule has 2 aliphatic rings. The quantitative estimate of drug-likeness (QED) is 0.477. The third-order valence-corrected chi connectivity index (χ3v) is 7.08. The Kier molecular flexibility index (Phi) is 8.94. The fourth-order valence-electron chi connectivity index (χ4n) is 4.86. The molecular formula is C29H42N6O4. The number of ether oxygens (including phenoxy) is 2. The van der Waals surface area contributed by atoms with Gasteiger partial charge in [-0.25, -0.2) is 14.6 Å². The maximum absolute atomic E-state index is 12.3. The summed E-state index contributed by atoms with van der Waals surface area (Å²) < 4.78 is 10.9. The van der Waals surface area contributed by atoms with Crippen LogP contribution in [0.4, 0.5) is 21.4 Å². The summed E-state index contributed by atoms with van der Waals surface area (Å²) >= 11 is 0. The monoisotopic (exact) mass is 538 g/mol. The summed E-state index contributed by atoms with van der Waals surface area (Å²) in [6.45, 7) is 15.0. The molecule has 4 rings (SSSR count). The van der Waals surface area contributed by atoms with Crippen molar-refractivity contribution in [3.63, 3.8) is 0 Å². The maximum atomic E-state index is 12.3. The van der Waals surface area contributed by atoms with Crippen LogP contribution < -0.4 is 15.5 Å². The van der Waals surface area contributed by atoms with E-state index >= 15 is 0 Å². The number of alkyl carbamates (subject to hydrolysis) is 1. The molecule has 0 spiro atoms. The molecule has 0 saturated carbocycles. The molecule has 10 nitrogen and oxygen atoms in total. The Labute approximate surface area is 231 Å². The van der Waals surface area contributed by atoms with Crippen LogP contribution in [0.2, 0.25) is 0 Å². The van der Waals surface area contributed by atoms with Crippen molar-refractivity contribution in [2.24, 2.45) is 5.92 Å². The van der Waals surface area contributed by atoms with Gasteiger partial charge in [0.05, 0.1) is 12.1 Å². The normalized spacial score (nSPS) is 19.6. The van der Waals surface area contributed by atoms with E-state index in [4.69, 9.17) is 9.47 Å². The molecule has 1 aromatic heterocycles. The number of nitrogens with one attached hydrogen (secondary N) is 2. The Morgan fingerprint density at radius 2 is 1.82 bits per heavy atom. The smallest absolute Gasteiger partial charge is 0.415 e. The van der Waals surface area contributed by atoms with Crippen LogP contribution in [0.15, 0.2) is 36.5 Å². The second kappa shape index (κ2) is 12.2. The van der Waals surface area contributed by atoms with Crippen LogP contribution in [0, 0.1) is 5.92 Å². The maximum Gasteiger partial charge on any atom is 0.415 e. The zero-order valence-electron chi connectivity index (χ0n) is 23.9. The molecule has 2 fully saturated rings. The molecule has 212 valence electrons. The molecular weight excluding hydrogens is 496 g/mol. The molecule has 3 heterocycles. The van der Waals surface area contributed by atoms with Crippen molar-refractivity contribution in [2.75, 3.05) is 29.9 Å². The summed E-state index contributed by atoms with van der Waals surface area (Å²) in [6.07, 6.45) is 2.59. The zero-order valence-corrected chi connectivity index (χ0v) is 23.9. The lowest BCUT2D eigenvalue weighted by Gasteiger charge is -2.32. The van der Waals surface area contributed by atoms with E-state index in [0.29, 0.717) is 18.4 Å². The molecule has 2 N–H and O–H groups in total. The highest BCUT2D eigenvalue weighted by atomic mass is 16.6. The van der Waals surface area contributed by atoms with Crippen molar-refractivity contribution in [1.29, 1.82) is 0 Å². The summed E-state index contributed by atoms with van der Waals surface area (Å²) in [5, 5.41) is 6.22. The summed E-state index contributed by atoms with van der Waals surface area (Å²) in [5.74, 6) is 1.26. The van der Waals surface area contributed by atoms with E-state index in [2.05, 4.69) is 70.5 Å². The number of hydrogen-bond donors (Lipinski definition) is 2. The van der Waals surface area contributed by atoms with Crippen molar-refractivity contribution >= 4 is 24.0 Å². The summed E-state index contributed by atoms with van der Waals surface area (Å²) in [7, 11) is 0. The topological polar surface area (TPSA) is 109 Å². The van der Waals surface area contributed by atoms with Gasteiger partial charge in [0.15, 0.2) is 0 Å². The first kappa shape index (κ1) is 28.6. The number of likely N-dealkylation sites (tertiary alicyclic amines) is 1. The Bertz CT molecular complexity index is 1130. The van der Waals surface area contributed by atoms with Crippen LogP contribution in [0.25, 0.3) is 0 Å². The van der Waals surface area contributed by atoms with Gasteiger partial charge in [0, 0.05) is 31.4 Å². The molecule has 39 heavy (non-hydrogen) atoms. The lowest BCUT2D eigenvalue weighted by atomic mass is 10.0. The van der Waals surface area contributed by atoms with Gasteiger partial charge in [0.1, 0.15) is 18.5 Å². The first-order valence-electron chi connectivity index (χ1n) is 13.8. The van der Waals surface area contributed by atoms with E-state index in [1.165, 1.54) is 5.56 Å². The molecule has 0 unspecified atom stereocenters. The molecule has 2 aliphatic heterocycles. The van der Waals surface area contributed by atoms with Crippen molar-refractivity contribution in [3.05, 3.63) is 47.7 Å². The molecule has 2 saturated heterocycles. The number of rotatable bonds is 8. The minimum atomic E-state index is -0.371.